The zero-order valence-electron chi connectivity index (χ0n) is 74.4. The summed E-state index contributed by atoms with van der Waals surface area (Å²) in [6, 6.07) is 18.0. The first kappa shape index (κ1) is 97.4. The van der Waals surface area contributed by atoms with Gasteiger partial charge in [-0.05, 0) is 196 Å². The summed E-state index contributed by atoms with van der Waals surface area (Å²) in [6.07, 6.45) is 21.7. The molecule has 2 aliphatic heterocycles. The number of ether oxygens (including phenoxy) is 16. The van der Waals surface area contributed by atoms with Gasteiger partial charge < -0.3 is 85.8 Å². The maximum atomic E-state index is 6.37. The van der Waals surface area contributed by atoms with Crippen LogP contribution in [0.5, 0.6) is 0 Å². The molecular weight excluding hydrogens is 1520 g/mol. The smallest absolute Gasteiger partial charge is 0.164 e. The Hall–Kier alpha value is -6.40. The molecule has 5 heterocycles. The number of nitrogens with zero attached hydrogens (tertiary/aromatic N) is 6. The summed E-state index contributed by atoms with van der Waals surface area (Å²) in [6.45, 7) is 35.1. The number of rotatable bonds is 72. The van der Waals surface area contributed by atoms with Gasteiger partial charge in [-0.15, -0.1) is 0 Å². The molecule has 0 atom stereocenters. The maximum absolute atomic E-state index is 6.37. The molecule has 9 rings (SSSR count). The Morgan fingerprint density at radius 1 is 0.175 bits per heavy atom. The first-order valence-electron chi connectivity index (χ1n) is 46.0. The summed E-state index contributed by atoms with van der Waals surface area (Å²) in [5.41, 5.74) is 14.5. The van der Waals surface area contributed by atoms with Gasteiger partial charge in [0.25, 0.3) is 0 Å². The molecule has 24 heteroatoms. The van der Waals surface area contributed by atoms with Crippen molar-refractivity contribution in [2.75, 3.05) is 211 Å². The van der Waals surface area contributed by atoms with Crippen LogP contribution in [0, 0.1) is 0 Å². The van der Waals surface area contributed by atoms with Gasteiger partial charge in [0.05, 0.1) is 159 Å². The number of unbranched alkanes of at least 4 members (excludes halogenated alkanes) is 8. The Labute approximate surface area is 715 Å². The van der Waals surface area contributed by atoms with Crippen LogP contribution in [0.4, 0.5) is 0 Å². The van der Waals surface area contributed by atoms with Crippen molar-refractivity contribution in [2.24, 2.45) is 0 Å². The first-order chi connectivity index (χ1) is 59.3. The van der Waals surface area contributed by atoms with Crippen molar-refractivity contribution in [2.45, 2.75) is 209 Å². The average molecular weight is 1670 g/mol. The number of benzene rings is 4. The predicted octanol–water partition coefficient (Wildman–Crippen LogP) is 17.9. The molecular formula is C96H146N8O16. The highest BCUT2D eigenvalue weighted by Crippen LogP contribution is 2.41. The number of hydrogen-bond acceptors (Lipinski definition) is 22. The molecule has 0 amide bonds. The second-order valence-corrected chi connectivity index (χ2v) is 30.9. The predicted molar refractivity (Wildman–Crippen MR) is 478 cm³/mol. The second-order valence-electron chi connectivity index (χ2n) is 30.9. The first-order valence-corrected chi connectivity index (χ1v) is 46.0. The highest BCUT2D eigenvalue weighted by molar-refractivity contribution is 6.07. The topological polar surface area (TPSA) is 257 Å². The van der Waals surface area contributed by atoms with E-state index in [1.54, 1.807) is 0 Å². The molecule has 4 aromatic carbocycles. The number of aromatic nitrogens is 8. The molecule has 0 saturated heterocycles. The Morgan fingerprint density at radius 2 is 0.317 bits per heavy atom. The fourth-order valence-corrected chi connectivity index (χ4v) is 14.2. The average Bonchev–Trinajstić information content (AvgIpc) is 1.59. The van der Waals surface area contributed by atoms with Crippen LogP contribution in [0.15, 0.2) is 48.5 Å². The Morgan fingerprint density at radius 3 is 0.467 bits per heavy atom. The molecule has 2 aliphatic rings. The van der Waals surface area contributed by atoms with Crippen molar-refractivity contribution >= 4 is 44.1 Å². The van der Waals surface area contributed by atoms with Crippen LogP contribution in [0.3, 0.4) is 0 Å². The minimum absolute atomic E-state index is 0.480. The van der Waals surface area contributed by atoms with Crippen LogP contribution in [-0.4, -0.2) is 251 Å². The lowest BCUT2D eigenvalue weighted by Gasteiger charge is -2.14. The molecule has 0 fully saturated rings. The van der Waals surface area contributed by atoms with E-state index in [2.05, 4.69) is 114 Å². The van der Waals surface area contributed by atoms with Crippen molar-refractivity contribution in [1.29, 1.82) is 0 Å². The van der Waals surface area contributed by atoms with Gasteiger partial charge in [0.15, 0.2) is 23.3 Å². The molecule has 120 heavy (non-hydrogen) atoms. The highest BCUT2D eigenvalue weighted by Gasteiger charge is 2.27. The van der Waals surface area contributed by atoms with E-state index in [0.717, 1.165) is 191 Å². The van der Waals surface area contributed by atoms with E-state index in [4.69, 9.17) is 106 Å². The van der Waals surface area contributed by atoms with Gasteiger partial charge in [-0.25, -0.2) is 29.9 Å². The highest BCUT2D eigenvalue weighted by atomic mass is 16.6. The molecule has 0 unspecified atom stereocenters. The van der Waals surface area contributed by atoms with E-state index in [1.807, 2.05) is 0 Å². The molecule has 8 bridgehead atoms. The van der Waals surface area contributed by atoms with E-state index < -0.39 is 0 Å². The van der Waals surface area contributed by atoms with Gasteiger partial charge in [0.1, 0.15) is 22.6 Å². The van der Waals surface area contributed by atoms with Gasteiger partial charge >= 0.3 is 0 Å². The third kappa shape index (κ3) is 33.6. The van der Waals surface area contributed by atoms with Gasteiger partial charge in [-0.3, -0.25) is 0 Å². The van der Waals surface area contributed by atoms with E-state index in [1.165, 1.54) is 0 Å². The third-order valence-corrected chi connectivity index (χ3v) is 21.4. The lowest BCUT2D eigenvalue weighted by Crippen LogP contribution is -2.10. The summed E-state index contributed by atoms with van der Waals surface area (Å²) in [5, 5.41) is 3.44. The van der Waals surface area contributed by atoms with Crippen LogP contribution in [-0.2, 0) is 127 Å². The van der Waals surface area contributed by atoms with Gasteiger partial charge in [-0.2, -0.15) is 0 Å². The zero-order valence-corrected chi connectivity index (χ0v) is 74.4. The fourth-order valence-electron chi connectivity index (χ4n) is 14.2. The van der Waals surface area contributed by atoms with Gasteiger partial charge in [0, 0.05) is 96.7 Å². The summed E-state index contributed by atoms with van der Waals surface area (Å²) >= 11 is 0. The SMILES string of the molecule is CCCCOCCOCCc1cc2c(cc1CCOCCOCCCC)-c1nc-2nc2[nH]c(nc3nc(nc4[nH]c(n1)c1cc(CCOCCOCCCC)c(CCOCCOCCCC)cc41)-c1cc(CCOCCOCCCC)c(CCOCCOCCCC)cc1-3)c1cc(CCOCCOCCCC)c(CCOCCOCCCC)cc21. The fraction of sp³-hybridized carbons (Fsp3) is 0.667. The van der Waals surface area contributed by atoms with Crippen molar-refractivity contribution in [1.82, 2.24) is 39.9 Å². The zero-order chi connectivity index (χ0) is 84.1. The number of fused-ring (bicyclic) bond motifs is 20. The summed E-state index contributed by atoms with van der Waals surface area (Å²) in [5.74, 6) is 1.96. The normalized spacial score (nSPS) is 12.1. The molecule has 3 aromatic heterocycles. The Bertz CT molecular complexity index is 3660. The van der Waals surface area contributed by atoms with Crippen LogP contribution in [0.2, 0.25) is 0 Å². The molecule has 0 saturated carbocycles. The van der Waals surface area contributed by atoms with Crippen molar-refractivity contribution in [3.8, 4) is 45.6 Å². The van der Waals surface area contributed by atoms with E-state index in [-0.39, 0.29) is 0 Å². The third-order valence-electron chi connectivity index (χ3n) is 21.4. The van der Waals surface area contributed by atoms with E-state index >= 15 is 0 Å². The van der Waals surface area contributed by atoms with Crippen LogP contribution < -0.4 is 0 Å². The number of nitrogens with one attached hydrogen (secondary N) is 2. The molecule has 0 spiro atoms. The van der Waals surface area contributed by atoms with Crippen molar-refractivity contribution < 1.29 is 75.8 Å². The van der Waals surface area contributed by atoms with Gasteiger partial charge in [0.2, 0.25) is 0 Å². The monoisotopic (exact) mass is 1670 g/mol. The largest absolute Gasteiger partial charge is 0.379 e. The van der Waals surface area contributed by atoms with Crippen molar-refractivity contribution in [3.05, 3.63) is 93.0 Å². The summed E-state index contributed by atoms with van der Waals surface area (Å²) in [4.78, 5) is 41.8. The Balaban J connectivity index is 1.30. The molecule has 2 N–H and O–H groups in total. The molecule has 666 valence electrons. The quantitative estimate of drug-likeness (QED) is 0.0336. The van der Waals surface area contributed by atoms with Crippen LogP contribution >= 0.6 is 0 Å². The van der Waals surface area contributed by atoms with Crippen LogP contribution in [0.1, 0.15) is 203 Å². The Kier molecular flexibility index (Phi) is 48.2. The molecule has 24 nitrogen and oxygen atoms in total. The molecule has 0 aliphatic carbocycles. The van der Waals surface area contributed by atoms with Crippen LogP contribution in [0.25, 0.3) is 89.7 Å². The lowest BCUT2D eigenvalue weighted by atomic mass is 9.95. The number of H-pyrrole nitrogens is 2. The van der Waals surface area contributed by atoms with E-state index in [9.17, 15) is 0 Å². The number of aromatic amines is 2. The minimum atomic E-state index is 0.480. The standard InChI is InChI=1S/C96H146N8O16/c1-9-17-33-105-49-57-113-41-25-73-65-81-82(66-74(73)26-42-114-58-50-106-34-18-10-2)90-97-89(81)101-91-83-67-75(27-43-115-59-51-107-35-19-11-3)76(28-44-116-60-52-108-36-20-12-4)68-84(83)93(98-91)103-95-87-71-79(31-47-119-63-55-111-39-23-15-7)80(32-48-120-64-56-112-40-24-16-8)72-88(87)96(100-95)104-94-86-70-78(30-46-118-62-54-110-38-22-14-6)77(69-85(86)92(99-94)102-90)29-45-117-61-53-109-37-21-13-5/h65-72H,9-64H2,1-8H3,(H2,97,98,99,100,101,102,103,104). The summed E-state index contributed by atoms with van der Waals surface area (Å²) < 4.78 is 98.5. The number of hydrogen-bond donors (Lipinski definition) is 2. The maximum Gasteiger partial charge on any atom is 0.164 e. The van der Waals surface area contributed by atoms with E-state index in [0.29, 0.717) is 309 Å². The second kappa shape index (κ2) is 59.4. The van der Waals surface area contributed by atoms with Gasteiger partial charge in [-0.1, -0.05) is 107 Å². The molecule has 7 aromatic rings. The molecule has 0 radical (unpaired) electrons. The lowest BCUT2D eigenvalue weighted by molar-refractivity contribution is 0.0467. The minimum Gasteiger partial charge on any atom is -0.379 e. The summed E-state index contributed by atoms with van der Waals surface area (Å²) in [7, 11) is 0. The van der Waals surface area contributed by atoms with Crippen molar-refractivity contribution in [3.63, 3.8) is 0 Å².